The zero-order chi connectivity index (χ0) is 27.7. The fraction of sp³-hybridized carbons (Fsp3) is 0.448. The Kier molecular flexibility index (Phi) is 13.5. The van der Waals surface area contributed by atoms with E-state index in [1.54, 1.807) is 37.3 Å². The summed E-state index contributed by atoms with van der Waals surface area (Å²) in [6, 6.07) is 12.4. The van der Waals surface area contributed by atoms with Crippen LogP contribution >= 0.6 is 0 Å². The van der Waals surface area contributed by atoms with Crippen LogP contribution in [0.5, 0.6) is 5.75 Å². The third-order valence-electron chi connectivity index (χ3n) is 5.34. The molecule has 212 valence electrons. The number of para-hydroxylation sites is 1. The summed E-state index contributed by atoms with van der Waals surface area (Å²) in [7, 11) is 0. The van der Waals surface area contributed by atoms with Crippen LogP contribution in [0.2, 0.25) is 0 Å². The number of hydrogen-bond donors (Lipinski definition) is 0. The van der Waals surface area contributed by atoms with Gasteiger partial charge in [0.1, 0.15) is 30.1 Å². The molecule has 1 heterocycles. The highest BCUT2D eigenvalue weighted by molar-refractivity contribution is 5.90. The van der Waals surface area contributed by atoms with Gasteiger partial charge in [0.25, 0.3) is 0 Å². The van der Waals surface area contributed by atoms with E-state index in [9.17, 15) is 9.59 Å². The zero-order valence-corrected chi connectivity index (χ0v) is 22.3. The molecule has 3 rings (SSSR count). The van der Waals surface area contributed by atoms with Gasteiger partial charge in [-0.15, -0.1) is 0 Å². The van der Waals surface area contributed by atoms with Gasteiger partial charge < -0.3 is 37.6 Å². The topological polar surface area (TPSA) is 112 Å². The zero-order valence-electron chi connectivity index (χ0n) is 22.3. The van der Waals surface area contributed by atoms with Crippen LogP contribution in [0.25, 0.3) is 21.9 Å². The third kappa shape index (κ3) is 10.8. The fourth-order valence-corrected chi connectivity index (χ4v) is 3.39. The minimum atomic E-state index is -0.417. The van der Waals surface area contributed by atoms with Crippen LogP contribution in [0.4, 0.5) is 0 Å². The molecular formula is C29H36O10. The Morgan fingerprint density at radius 1 is 0.692 bits per heavy atom. The second-order valence-electron chi connectivity index (χ2n) is 8.41. The summed E-state index contributed by atoms with van der Waals surface area (Å²) in [5, 5.41) is 1.08. The van der Waals surface area contributed by atoms with Gasteiger partial charge in [-0.25, -0.2) is 4.79 Å². The summed E-state index contributed by atoms with van der Waals surface area (Å²) in [6.45, 7) is 9.95. The number of carbonyl (C=O) groups is 1. The Labute approximate surface area is 227 Å². The van der Waals surface area contributed by atoms with E-state index in [1.807, 2.05) is 12.1 Å². The normalized spacial score (nSPS) is 11.2. The minimum Gasteiger partial charge on any atom is -0.491 e. The van der Waals surface area contributed by atoms with E-state index >= 15 is 0 Å². The largest absolute Gasteiger partial charge is 0.491 e. The molecule has 0 radical (unpaired) electrons. The number of carbonyl (C=O) groups excluding carboxylic acids is 1. The van der Waals surface area contributed by atoms with E-state index in [0.717, 1.165) is 0 Å². The van der Waals surface area contributed by atoms with Gasteiger partial charge in [0, 0.05) is 11.6 Å². The van der Waals surface area contributed by atoms with Crippen LogP contribution in [-0.4, -0.2) is 85.3 Å². The molecule has 0 bridgehead atoms. The number of benzene rings is 2. The van der Waals surface area contributed by atoms with Crippen LogP contribution in [0.1, 0.15) is 6.92 Å². The number of hydrogen-bond acceptors (Lipinski definition) is 10. The Hall–Kier alpha value is -3.28. The average Bonchev–Trinajstić information content (AvgIpc) is 2.94. The Balaban J connectivity index is 1.11. The third-order valence-corrected chi connectivity index (χ3v) is 5.34. The highest BCUT2D eigenvalue weighted by Crippen LogP contribution is 2.22. The summed E-state index contributed by atoms with van der Waals surface area (Å²) in [6.07, 6.45) is 0. The van der Waals surface area contributed by atoms with Crippen molar-refractivity contribution in [2.75, 3.05) is 79.3 Å². The van der Waals surface area contributed by atoms with Crippen molar-refractivity contribution in [3.8, 4) is 5.75 Å². The molecule has 0 aliphatic rings. The van der Waals surface area contributed by atoms with Gasteiger partial charge in [0.15, 0.2) is 0 Å². The van der Waals surface area contributed by atoms with Gasteiger partial charge in [0.05, 0.1) is 76.8 Å². The van der Waals surface area contributed by atoms with Crippen LogP contribution in [0.3, 0.4) is 0 Å². The molecule has 10 nitrogen and oxygen atoms in total. The van der Waals surface area contributed by atoms with E-state index in [0.29, 0.717) is 106 Å². The van der Waals surface area contributed by atoms with Crippen molar-refractivity contribution >= 4 is 27.9 Å². The molecule has 0 spiro atoms. The van der Waals surface area contributed by atoms with Crippen molar-refractivity contribution in [1.82, 2.24) is 0 Å². The highest BCUT2D eigenvalue weighted by Gasteiger charge is 2.08. The smallest absolute Gasteiger partial charge is 0.333 e. The molecule has 0 unspecified atom stereocenters. The van der Waals surface area contributed by atoms with E-state index in [1.165, 1.54) is 0 Å². The molecule has 3 aromatic rings. The summed E-state index contributed by atoms with van der Waals surface area (Å²) in [5.41, 5.74) is 1.35. The molecule has 0 amide bonds. The van der Waals surface area contributed by atoms with E-state index < -0.39 is 5.97 Å². The summed E-state index contributed by atoms with van der Waals surface area (Å²) in [5.74, 6) is 0.190. The lowest BCUT2D eigenvalue weighted by Gasteiger charge is -2.09. The molecule has 0 atom stereocenters. The SMILES string of the molecule is C=C(C)C(=O)OCCOCCOCCOCCOCCOCCOc1ccc2c(=O)c3ccccc3oc2c1. The molecule has 10 heteroatoms. The maximum atomic E-state index is 12.6. The first-order valence-corrected chi connectivity index (χ1v) is 12.9. The minimum absolute atomic E-state index is 0.0560. The molecule has 0 saturated heterocycles. The fourth-order valence-electron chi connectivity index (χ4n) is 3.39. The first-order valence-electron chi connectivity index (χ1n) is 12.9. The number of rotatable bonds is 20. The molecule has 0 aliphatic heterocycles. The molecule has 2 aromatic carbocycles. The quantitative estimate of drug-likeness (QED) is 0.0906. The second-order valence-corrected chi connectivity index (χ2v) is 8.41. The van der Waals surface area contributed by atoms with Crippen LogP contribution in [0, 0.1) is 0 Å². The number of esters is 1. The number of fused-ring (bicyclic) bond motifs is 2. The predicted molar refractivity (Wildman–Crippen MR) is 145 cm³/mol. The van der Waals surface area contributed by atoms with Gasteiger partial charge in [-0.05, 0) is 31.2 Å². The van der Waals surface area contributed by atoms with Gasteiger partial charge in [-0.1, -0.05) is 18.7 Å². The van der Waals surface area contributed by atoms with E-state index in [4.69, 9.17) is 37.6 Å². The Morgan fingerprint density at radius 2 is 1.21 bits per heavy atom. The van der Waals surface area contributed by atoms with Crippen LogP contribution in [0.15, 0.2) is 63.8 Å². The monoisotopic (exact) mass is 544 g/mol. The van der Waals surface area contributed by atoms with E-state index in [2.05, 4.69) is 6.58 Å². The maximum Gasteiger partial charge on any atom is 0.333 e. The van der Waals surface area contributed by atoms with Crippen LogP contribution in [-0.2, 0) is 33.2 Å². The number of ether oxygens (including phenoxy) is 7. The summed E-state index contributed by atoms with van der Waals surface area (Å²) in [4.78, 5) is 23.8. The average molecular weight is 545 g/mol. The maximum absolute atomic E-state index is 12.6. The molecule has 39 heavy (non-hydrogen) atoms. The van der Waals surface area contributed by atoms with Crippen molar-refractivity contribution in [2.45, 2.75) is 6.92 Å². The van der Waals surface area contributed by atoms with Crippen LogP contribution < -0.4 is 10.2 Å². The molecule has 0 aliphatic carbocycles. The highest BCUT2D eigenvalue weighted by atomic mass is 16.6. The van der Waals surface area contributed by atoms with Crippen molar-refractivity contribution in [3.63, 3.8) is 0 Å². The molecule has 0 N–H and O–H groups in total. The van der Waals surface area contributed by atoms with Crippen molar-refractivity contribution < 1.29 is 42.4 Å². The Morgan fingerprint density at radius 3 is 1.79 bits per heavy atom. The lowest BCUT2D eigenvalue weighted by atomic mass is 10.1. The molecular weight excluding hydrogens is 508 g/mol. The second kappa shape index (κ2) is 17.3. The summed E-state index contributed by atoms with van der Waals surface area (Å²) < 4.78 is 43.6. The van der Waals surface area contributed by atoms with Crippen molar-refractivity contribution in [2.24, 2.45) is 0 Å². The molecule has 0 fully saturated rings. The first kappa shape index (κ1) is 30.3. The molecule has 0 saturated carbocycles. The standard InChI is InChI=1S/C29H36O10/c1-22(2)29(31)38-20-18-36-16-14-34-12-10-32-9-11-33-13-15-35-17-19-37-23-7-8-25-27(21-23)39-26-6-4-3-5-24(26)28(25)30/h3-8,21H,1,9-20H2,2H3. The first-order chi connectivity index (χ1) is 19.1. The van der Waals surface area contributed by atoms with Gasteiger partial charge in [-0.3, -0.25) is 4.79 Å². The molecule has 1 aromatic heterocycles. The lowest BCUT2D eigenvalue weighted by Crippen LogP contribution is -2.15. The lowest BCUT2D eigenvalue weighted by molar-refractivity contribution is -0.140. The summed E-state index contributed by atoms with van der Waals surface area (Å²) >= 11 is 0. The van der Waals surface area contributed by atoms with Gasteiger partial charge >= 0.3 is 5.97 Å². The van der Waals surface area contributed by atoms with Crippen molar-refractivity contribution in [3.05, 3.63) is 64.8 Å². The van der Waals surface area contributed by atoms with Gasteiger partial charge in [-0.2, -0.15) is 0 Å². The predicted octanol–water partition coefficient (Wildman–Crippen LogP) is 3.53. The Bertz CT molecular complexity index is 1240. The van der Waals surface area contributed by atoms with Crippen molar-refractivity contribution in [1.29, 1.82) is 0 Å². The van der Waals surface area contributed by atoms with Gasteiger partial charge in [0.2, 0.25) is 5.43 Å². The van der Waals surface area contributed by atoms with E-state index in [-0.39, 0.29) is 12.0 Å².